The van der Waals surface area contributed by atoms with Gasteiger partial charge in [0.05, 0.1) is 12.3 Å². The van der Waals surface area contributed by atoms with E-state index in [4.69, 9.17) is 9.15 Å². The number of ether oxygens (including phenoxy) is 1. The average Bonchev–Trinajstić information content (AvgIpc) is 2.83. The largest absolute Gasteiger partial charge is 0.439 e. The standard InChI is InChI=1S/C14H17BrN2O2S/c1-10-9-19-14(17-10)20-13-4-3-12(15)7-11(13)8-16-5-6-18-2/h3-4,7,9,16H,5-6,8H2,1-2H3. The molecule has 0 amide bonds. The van der Waals surface area contributed by atoms with Crippen LogP contribution in [0.2, 0.25) is 0 Å². The summed E-state index contributed by atoms with van der Waals surface area (Å²) >= 11 is 5.05. The zero-order valence-electron chi connectivity index (χ0n) is 11.5. The molecule has 0 aliphatic carbocycles. The number of aromatic nitrogens is 1. The number of oxazole rings is 1. The second kappa shape index (κ2) is 7.83. The molecule has 2 aromatic rings. The Balaban J connectivity index is 2.06. The summed E-state index contributed by atoms with van der Waals surface area (Å²) in [5, 5.41) is 4.02. The molecule has 1 aromatic carbocycles. The van der Waals surface area contributed by atoms with E-state index in [1.165, 1.54) is 17.3 Å². The highest BCUT2D eigenvalue weighted by atomic mass is 79.9. The summed E-state index contributed by atoms with van der Waals surface area (Å²) in [6.07, 6.45) is 1.66. The molecule has 0 radical (unpaired) electrons. The Morgan fingerprint density at radius 2 is 2.30 bits per heavy atom. The van der Waals surface area contributed by atoms with Crippen LogP contribution in [-0.2, 0) is 11.3 Å². The summed E-state index contributed by atoms with van der Waals surface area (Å²) in [5.41, 5.74) is 2.10. The summed E-state index contributed by atoms with van der Waals surface area (Å²) in [4.78, 5) is 5.46. The minimum atomic E-state index is 0.669. The van der Waals surface area contributed by atoms with Gasteiger partial charge >= 0.3 is 0 Å². The average molecular weight is 357 g/mol. The normalized spacial score (nSPS) is 10.9. The van der Waals surface area contributed by atoms with E-state index in [-0.39, 0.29) is 0 Å². The predicted octanol–water partition coefficient (Wildman–Crippen LogP) is 3.63. The quantitative estimate of drug-likeness (QED) is 0.767. The number of hydrogen-bond donors (Lipinski definition) is 1. The summed E-state index contributed by atoms with van der Waals surface area (Å²) in [6, 6.07) is 6.20. The molecule has 108 valence electrons. The molecule has 1 heterocycles. The van der Waals surface area contributed by atoms with Gasteiger partial charge < -0.3 is 14.5 Å². The van der Waals surface area contributed by atoms with Crippen molar-refractivity contribution >= 4 is 27.7 Å². The Hall–Kier alpha value is -0.820. The van der Waals surface area contributed by atoms with Gasteiger partial charge in [-0.05, 0) is 42.4 Å². The molecule has 0 fully saturated rings. The van der Waals surface area contributed by atoms with E-state index in [1.807, 2.05) is 13.0 Å². The number of hydrogen-bond acceptors (Lipinski definition) is 5. The molecule has 20 heavy (non-hydrogen) atoms. The Morgan fingerprint density at radius 1 is 1.45 bits per heavy atom. The second-order valence-corrected chi connectivity index (χ2v) is 6.19. The van der Waals surface area contributed by atoms with Crippen LogP contribution in [0.3, 0.4) is 0 Å². The first-order valence-electron chi connectivity index (χ1n) is 6.27. The van der Waals surface area contributed by atoms with Crippen LogP contribution in [0.15, 0.2) is 43.5 Å². The van der Waals surface area contributed by atoms with Crippen LogP contribution < -0.4 is 5.32 Å². The van der Waals surface area contributed by atoms with Crippen LogP contribution in [0, 0.1) is 6.92 Å². The number of nitrogens with zero attached hydrogens (tertiary/aromatic N) is 1. The first-order chi connectivity index (χ1) is 9.69. The lowest BCUT2D eigenvalue weighted by molar-refractivity contribution is 0.199. The monoisotopic (exact) mass is 356 g/mol. The van der Waals surface area contributed by atoms with Crippen LogP contribution in [0.1, 0.15) is 11.3 Å². The lowest BCUT2D eigenvalue weighted by atomic mass is 10.2. The topological polar surface area (TPSA) is 47.3 Å². The fourth-order valence-electron chi connectivity index (χ4n) is 1.66. The molecule has 1 N–H and O–H groups in total. The van der Waals surface area contributed by atoms with Gasteiger partial charge in [0.1, 0.15) is 6.26 Å². The zero-order valence-corrected chi connectivity index (χ0v) is 13.9. The maximum atomic E-state index is 5.40. The third-order valence-corrected chi connectivity index (χ3v) is 4.09. The lowest BCUT2D eigenvalue weighted by Gasteiger charge is -2.09. The van der Waals surface area contributed by atoms with E-state index in [9.17, 15) is 0 Å². The number of rotatable bonds is 7. The number of aryl methyl sites for hydroxylation is 1. The number of nitrogens with one attached hydrogen (secondary N) is 1. The number of halogens is 1. The van der Waals surface area contributed by atoms with Crippen LogP contribution in [0.5, 0.6) is 0 Å². The molecule has 0 saturated carbocycles. The fourth-order valence-corrected chi connectivity index (χ4v) is 2.94. The maximum absolute atomic E-state index is 5.40. The lowest BCUT2D eigenvalue weighted by Crippen LogP contribution is -2.18. The van der Waals surface area contributed by atoms with E-state index in [0.29, 0.717) is 11.8 Å². The molecule has 0 unspecified atom stereocenters. The van der Waals surface area contributed by atoms with Crippen LogP contribution in [-0.4, -0.2) is 25.2 Å². The molecule has 4 nitrogen and oxygen atoms in total. The van der Waals surface area contributed by atoms with Gasteiger partial charge in [-0.1, -0.05) is 15.9 Å². The minimum Gasteiger partial charge on any atom is -0.439 e. The molecule has 0 bridgehead atoms. The highest BCUT2D eigenvalue weighted by Gasteiger charge is 2.09. The molecule has 2 rings (SSSR count). The first kappa shape index (κ1) is 15.6. The molecule has 0 aliphatic rings. The van der Waals surface area contributed by atoms with E-state index in [2.05, 4.69) is 38.4 Å². The SMILES string of the molecule is COCCNCc1cc(Br)ccc1Sc1nc(C)co1. The molecule has 1 aromatic heterocycles. The van der Waals surface area contributed by atoms with Crippen molar-refractivity contribution in [3.8, 4) is 0 Å². The highest BCUT2D eigenvalue weighted by Crippen LogP contribution is 2.31. The number of benzene rings is 1. The smallest absolute Gasteiger partial charge is 0.260 e. The summed E-state index contributed by atoms with van der Waals surface area (Å²) in [5.74, 6) is 0. The van der Waals surface area contributed by atoms with Crippen molar-refractivity contribution in [3.05, 3.63) is 40.2 Å². The molecule has 0 aliphatic heterocycles. The van der Waals surface area contributed by atoms with Crippen molar-refractivity contribution in [1.29, 1.82) is 0 Å². The van der Waals surface area contributed by atoms with Crippen molar-refractivity contribution in [2.24, 2.45) is 0 Å². The van der Waals surface area contributed by atoms with Crippen molar-refractivity contribution in [2.75, 3.05) is 20.3 Å². The van der Waals surface area contributed by atoms with Gasteiger partial charge in [-0.3, -0.25) is 0 Å². The first-order valence-corrected chi connectivity index (χ1v) is 7.88. The van der Waals surface area contributed by atoms with Crippen molar-refractivity contribution in [3.63, 3.8) is 0 Å². The Kier molecular flexibility index (Phi) is 6.09. The number of methoxy groups -OCH3 is 1. The molecule has 6 heteroatoms. The van der Waals surface area contributed by atoms with E-state index in [1.54, 1.807) is 13.4 Å². The second-order valence-electron chi connectivity index (χ2n) is 4.28. The summed E-state index contributed by atoms with van der Waals surface area (Å²) in [6.45, 7) is 4.23. The van der Waals surface area contributed by atoms with Crippen molar-refractivity contribution in [2.45, 2.75) is 23.6 Å². The van der Waals surface area contributed by atoms with Gasteiger partial charge in [0.2, 0.25) is 0 Å². The van der Waals surface area contributed by atoms with Crippen LogP contribution >= 0.6 is 27.7 Å². The zero-order chi connectivity index (χ0) is 14.4. The minimum absolute atomic E-state index is 0.669. The van der Waals surface area contributed by atoms with Gasteiger partial charge in [0.15, 0.2) is 0 Å². The van der Waals surface area contributed by atoms with Crippen molar-refractivity contribution in [1.82, 2.24) is 10.3 Å². The predicted molar refractivity (Wildman–Crippen MR) is 83.1 cm³/mol. The third kappa shape index (κ3) is 4.63. The molecule has 0 atom stereocenters. The summed E-state index contributed by atoms with van der Waals surface area (Å²) < 4.78 is 11.5. The van der Waals surface area contributed by atoms with Crippen LogP contribution in [0.25, 0.3) is 0 Å². The molecule has 0 saturated heterocycles. The van der Waals surface area contributed by atoms with E-state index in [0.717, 1.165) is 28.2 Å². The van der Waals surface area contributed by atoms with Gasteiger partial charge in [-0.2, -0.15) is 0 Å². The Bertz CT molecular complexity index is 560. The summed E-state index contributed by atoms with van der Waals surface area (Å²) in [7, 11) is 1.70. The molecule has 0 spiro atoms. The van der Waals surface area contributed by atoms with Crippen LogP contribution in [0.4, 0.5) is 0 Å². The van der Waals surface area contributed by atoms with E-state index < -0.39 is 0 Å². The highest BCUT2D eigenvalue weighted by molar-refractivity contribution is 9.10. The fraction of sp³-hybridized carbons (Fsp3) is 0.357. The van der Waals surface area contributed by atoms with Gasteiger partial charge in [0, 0.05) is 29.6 Å². The molecular formula is C14H17BrN2O2S. The van der Waals surface area contributed by atoms with E-state index >= 15 is 0 Å². The Labute approximate surface area is 131 Å². The van der Waals surface area contributed by atoms with Gasteiger partial charge in [-0.25, -0.2) is 4.98 Å². The van der Waals surface area contributed by atoms with Gasteiger partial charge in [0.25, 0.3) is 5.22 Å². The maximum Gasteiger partial charge on any atom is 0.260 e. The third-order valence-electron chi connectivity index (χ3n) is 2.62. The van der Waals surface area contributed by atoms with Crippen molar-refractivity contribution < 1.29 is 9.15 Å². The molecular weight excluding hydrogens is 340 g/mol. The Morgan fingerprint density at radius 3 is 3.00 bits per heavy atom. The van der Waals surface area contributed by atoms with Gasteiger partial charge in [-0.15, -0.1) is 0 Å².